The lowest BCUT2D eigenvalue weighted by atomic mass is 10.2. The van der Waals surface area contributed by atoms with Gasteiger partial charge in [-0.3, -0.25) is 4.79 Å². The monoisotopic (exact) mass is 279 g/mol. The Morgan fingerprint density at radius 2 is 2.00 bits per heavy atom. The minimum Gasteiger partial charge on any atom is -0.481 e. The highest BCUT2D eigenvalue weighted by Gasteiger charge is 2.21. The van der Waals surface area contributed by atoms with Gasteiger partial charge in [0.1, 0.15) is 12.9 Å². The van der Waals surface area contributed by atoms with Crippen molar-refractivity contribution in [2.45, 2.75) is 13.5 Å². The minimum absolute atomic E-state index is 0.0678. The number of benzene rings is 1. The molecule has 0 aliphatic heterocycles. The number of ether oxygens (including phenoxy) is 1. The molecular formula is C14H17NO5. The Kier molecular flexibility index (Phi) is 6.22. The van der Waals surface area contributed by atoms with Crippen molar-refractivity contribution in [2.75, 3.05) is 13.1 Å². The third-order valence-corrected chi connectivity index (χ3v) is 2.67. The molecule has 20 heavy (non-hydrogen) atoms. The molecule has 0 bridgehead atoms. The molecule has 1 atom stereocenters. The summed E-state index contributed by atoms with van der Waals surface area (Å²) in [5.41, 5.74) is 0.818. The Hall–Kier alpha value is -2.37. The van der Waals surface area contributed by atoms with E-state index in [4.69, 9.17) is 9.84 Å². The molecule has 0 saturated carbocycles. The molecule has 6 nitrogen and oxygen atoms in total. The molecule has 0 aliphatic rings. The first-order valence-electron chi connectivity index (χ1n) is 6.16. The van der Waals surface area contributed by atoms with Crippen molar-refractivity contribution in [3.63, 3.8) is 0 Å². The fraction of sp³-hybridized carbons (Fsp3) is 0.357. The van der Waals surface area contributed by atoms with E-state index in [1.807, 2.05) is 18.2 Å². The quantitative estimate of drug-likeness (QED) is 0.765. The number of nitrogens with zero attached hydrogens (tertiary/aromatic N) is 1. The third kappa shape index (κ3) is 5.09. The Balaban J connectivity index is 2.55. The molecule has 0 spiro atoms. The summed E-state index contributed by atoms with van der Waals surface area (Å²) < 4.78 is 5.06. The number of hydrogen-bond acceptors (Lipinski definition) is 4. The summed E-state index contributed by atoms with van der Waals surface area (Å²) >= 11 is 0. The second kappa shape index (κ2) is 7.93. The molecule has 1 amide bonds. The van der Waals surface area contributed by atoms with Crippen LogP contribution in [0.25, 0.3) is 0 Å². The molecule has 1 aromatic rings. The van der Waals surface area contributed by atoms with Crippen LogP contribution in [0.5, 0.6) is 0 Å². The van der Waals surface area contributed by atoms with E-state index < -0.39 is 18.0 Å². The van der Waals surface area contributed by atoms with Crippen LogP contribution in [-0.4, -0.2) is 41.4 Å². The largest absolute Gasteiger partial charge is 0.481 e. The number of carbonyl (C=O) groups is 3. The Morgan fingerprint density at radius 1 is 1.35 bits per heavy atom. The zero-order valence-electron chi connectivity index (χ0n) is 11.2. The molecule has 1 aromatic carbocycles. The summed E-state index contributed by atoms with van der Waals surface area (Å²) in [7, 11) is 0. The van der Waals surface area contributed by atoms with Crippen LogP contribution in [0, 0.1) is 5.92 Å². The molecule has 1 rings (SSSR count). The molecule has 0 fully saturated rings. The van der Waals surface area contributed by atoms with Crippen LogP contribution in [0.15, 0.2) is 30.3 Å². The highest BCUT2D eigenvalue weighted by atomic mass is 16.6. The molecule has 0 radical (unpaired) electrons. The Bertz CT molecular complexity index is 460. The van der Waals surface area contributed by atoms with E-state index in [1.165, 1.54) is 6.92 Å². The molecule has 108 valence electrons. The van der Waals surface area contributed by atoms with E-state index in [1.54, 1.807) is 12.1 Å². The topological polar surface area (TPSA) is 83.9 Å². The smallest absolute Gasteiger partial charge is 0.410 e. The highest BCUT2D eigenvalue weighted by Crippen LogP contribution is 2.06. The number of carboxylic acids is 1. The summed E-state index contributed by atoms with van der Waals surface area (Å²) in [5, 5.41) is 8.82. The van der Waals surface area contributed by atoms with E-state index in [-0.39, 0.29) is 19.7 Å². The molecule has 0 unspecified atom stereocenters. The number of aliphatic carboxylic acids is 1. The van der Waals surface area contributed by atoms with Gasteiger partial charge >= 0.3 is 12.1 Å². The van der Waals surface area contributed by atoms with Crippen molar-refractivity contribution < 1.29 is 24.2 Å². The van der Waals surface area contributed by atoms with Gasteiger partial charge in [-0.25, -0.2) is 4.79 Å². The maximum Gasteiger partial charge on any atom is 0.410 e. The van der Waals surface area contributed by atoms with Crippen molar-refractivity contribution >= 4 is 18.3 Å². The maximum atomic E-state index is 11.8. The van der Waals surface area contributed by atoms with Crippen LogP contribution in [0.4, 0.5) is 4.79 Å². The van der Waals surface area contributed by atoms with Crippen LogP contribution in [0.2, 0.25) is 0 Å². The molecular weight excluding hydrogens is 262 g/mol. The summed E-state index contributed by atoms with van der Waals surface area (Å²) in [5.74, 6) is -1.80. The van der Waals surface area contributed by atoms with Gasteiger partial charge in [0.2, 0.25) is 0 Å². The van der Waals surface area contributed by atoms with E-state index in [0.717, 1.165) is 10.5 Å². The molecule has 0 aromatic heterocycles. The average molecular weight is 279 g/mol. The first kappa shape index (κ1) is 15.7. The van der Waals surface area contributed by atoms with Crippen LogP contribution in [-0.2, 0) is 20.9 Å². The van der Waals surface area contributed by atoms with Gasteiger partial charge in [0.25, 0.3) is 0 Å². The lowest BCUT2D eigenvalue weighted by molar-refractivity contribution is -0.141. The number of aldehydes is 1. The first-order chi connectivity index (χ1) is 9.54. The van der Waals surface area contributed by atoms with E-state index in [0.29, 0.717) is 6.29 Å². The first-order valence-corrected chi connectivity index (χ1v) is 6.16. The number of hydrogen-bond donors (Lipinski definition) is 1. The standard InChI is InChI=1S/C14H17NO5/c1-11(13(17)18)9-15(7-8-16)14(19)20-10-12-5-3-2-4-6-12/h2-6,8,11H,7,9-10H2,1H3,(H,17,18)/t11-/m1/s1. The van der Waals surface area contributed by atoms with Crippen LogP contribution >= 0.6 is 0 Å². The lowest BCUT2D eigenvalue weighted by Gasteiger charge is -2.21. The second-order valence-corrected chi connectivity index (χ2v) is 4.35. The molecule has 6 heteroatoms. The number of rotatable bonds is 7. The third-order valence-electron chi connectivity index (χ3n) is 2.67. The van der Waals surface area contributed by atoms with Crippen molar-refractivity contribution in [3.05, 3.63) is 35.9 Å². The number of carbonyl (C=O) groups excluding carboxylic acids is 2. The van der Waals surface area contributed by atoms with Crippen molar-refractivity contribution in [3.8, 4) is 0 Å². The van der Waals surface area contributed by atoms with Crippen molar-refractivity contribution in [1.29, 1.82) is 0 Å². The predicted octanol–water partition coefficient (Wildman–Crippen LogP) is 1.54. The second-order valence-electron chi connectivity index (χ2n) is 4.35. The van der Waals surface area contributed by atoms with Gasteiger partial charge in [0, 0.05) is 6.54 Å². The SMILES string of the molecule is C[C@H](CN(CC=O)C(=O)OCc1ccccc1)C(=O)O. The molecule has 1 N–H and O–H groups in total. The summed E-state index contributed by atoms with van der Waals surface area (Å²) in [6.45, 7) is 1.29. The van der Waals surface area contributed by atoms with Gasteiger partial charge in [0.15, 0.2) is 0 Å². The highest BCUT2D eigenvalue weighted by molar-refractivity contribution is 5.74. The predicted molar refractivity (Wildman–Crippen MR) is 71.1 cm³/mol. The van der Waals surface area contributed by atoms with Gasteiger partial charge in [-0.2, -0.15) is 0 Å². The zero-order valence-corrected chi connectivity index (χ0v) is 11.2. The van der Waals surface area contributed by atoms with E-state index in [2.05, 4.69) is 0 Å². The number of amides is 1. The van der Waals surface area contributed by atoms with Crippen LogP contribution < -0.4 is 0 Å². The van der Waals surface area contributed by atoms with Gasteiger partial charge < -0.3 is 19.5 Å². The fourth-order valence-electron chi connectivity index (χ4n) is 1.53. The van der Waals surface area contributed by atoms with E-state index in [9.17, 15) is 14.4 Å². The normalized spacial score (nSPS) is 11.4. The van der Waals surface area contributed by atoms with Gasteiger partial charge in [-0.1, -0.05) is 37.3 Å². The maximum absolute atomic E-state index is 11.8. The molecule has 0 saturated heterocycles. The van der Waals surface area contributed by atoms with Crippen molar-refractivity contribution in [1.82, 2.24) is 4.90 Å². The average Bonchev–Trinajstić information content (AvgIpc) is 2.45. The molecule has 0 aliphatic carbocycles. The summed E-state index contributed by atoms with van der Waals surface area (Å²) in [6.07, 6.45) is -0.160. The van der Waals surface area contributed by atoms with Crippen LogP contribution in [0.3, 0.4) is 0 Å². The zero-order chi connectivity index (χ0) is 15.0. The Morgan fingerprint density at radius 3 is 2.55 bits per heavy atom. The van der Waals surface area contributed by atoms with Gasteiger partial charge in [-0.05, 0) is 5.56 Å². The summed E-state index contributed by atoms with van der Waals surface area (Å²) in [6, 6.07) is 9.09. The van der Waals surface area contributed by atoms with Gasteiger partial charge in [0.05, 0.1) is 12.5 Å². The lowest BCUT2D eigenvalue weighted by Crippen LogP contribution is -2.38. The van der Waals surface area contributed by atoms with Crippen molar-refractivity contribution in [2.24, 2.45) is 5.92 Å². The number of carboxylic acid groups (broad SMARTS) is 1. The minimum atomic E-state index is -1.03. The van der Waals surface area contributed by atoms with Crippen LogP contribution in [0.1, 0.15) is 12.5 Å². The Labute approximate surface area is 117 Å². The molecule has 0 heterocycles. The van der Waals surface area contributed by atoms with E-state index >= 15 is 0 Å². The van der Waals surface area contributed by atoms with Gasteiger partial charge in [-0.15, -0.1) is 0 Å². The fourth-order valence-corrected chi connectivity index (χ4v) is 1.53. The summed E-state index contributed by atoms with van der Waals surface area (Å²) in [4.78, 5) is 34.2.